The molecule has 7 heteroatoms. The fraction of sp³-hybridized carbons (Fsp3) is 0.273. The first-order chi connectivity index (χ1) is 14.0. The number of alkyl halides is 2. The molecule has 0 saturated carbocycles. The van der Waals surface area contributed by atoms with Gasteiger partial charge in [0.2, 0.25) is 5.91 Å². The summed E-state index contributed by atoms with van der Waals surface area (Å²) in [6.07, 6.45) is 1.92. The predicted octanol–water partition coefficient (Wildman–Crippen LogP) is 4.44. The molecule has 0 radical (unpaired) electrons. The summed E-state index contributed by atoms with van der Waals surface area (Å²) in [6, 6.07) is 14.3. The van der Waals surface area contributed by atoms with Gasteiger partial charge in [-0.1, -0.05) is 30.3 Å². The lowest BCUT2D eigenvalue weighted by atomic mass is 10.1. The van der Waals surface area contributed by atoms with E-state index in [0.29, 0.717) is 13.2 Å². The maximum absolute atomic E-state index is 12.7. The summed E-state index contributed by atoms with van der Waals surface area (Å²) in [6.45, 7) is -0.552. The van der Waals surface area contributed by atoms with Crippen LogP contribution in [0.4, 0.5) is 8.78 Å². The van der Waals surface area contributed by atoms with Gasteiger partial charge in [0.25, 0.3) is 0 Å². The zero-order valence-corrected chi connectivity index (χ0v) is 16.3. The fourth-order valence-electron chi connectivity index (χ4n) is 3.08. The van der Waals surface area contributed by atoms with Gasteiger partial charge in [-0.3, -0.25) is 9.78 Å². The summed E-state index contributed by atoms with van der Waals surface area (Å²) < 4.78 is 35.0. The number of likely N-dealkylation sites (N-methyl/N-ethyl adjacent to an activating group) is 1. The molecule has 29 heavy (non-hydrogen) atoms. The molecule has 152 valence electrons. The van der Waals surface area contributed by atoms with Crippen molar-refractivity contribution in [2.45, 2.75) is 26.5 Å². The van der Waals surface area contributed by atoms with E-state index in [0.717, 1.165) is 22.0 Å². The van der Waals surface area contributed by atoms with Crippen LogP contribution in [0.5, 0.6) is 11.5 Å². The largest absolute Gasteiger partial charge is 0.490 e. The van der Waals surface area contributed by atoms with Gasteiger partial charge in [-0.05, 0) is 36.2 Å². The van der Waals surface area contributed by atoms with Gasteiger partial charge in [0, 0.05) is 25.2 Å². The van der Waals surface area contributed by atoms with Crippen LogP contribution in [-0.2, 0) is 17.8 Å². The Morgan fingerprint density at radius 3 is 2.69 bits per heavy atom. The number of benzene rings is 2. The Bertz CT molecular complexity index is 989. The van der Waals surface area contributed by atoms with Gasteiger partial charge in [-0.15, -0.1) is 0 Å². The molecule has 0 bridgehead atoms. The maximum Gasteiger partial charge on any atom is 0.387 e. The third-order valence-electron chi connectivity index (χ3n) is 4.43. The molecular formula is C22H22F2N2O3. The van der Waals surface area contributed by atoms with Crippen molar-refractivity contribution >= 4 is 16.8 Å². The normalized spacial score (nSPS) is 10.9. The zero-order chi connectivity index (χ0) is 20.8. The number of rotatable bonds is 8. The fourth-order valence-corrected chi connectivity index (χ4v) is 3.08. The van der Waals surface area contributed by atoms with Crippen molar-refractivity contribution in [2.75, 3.05) is 13.7 Å². The highest BCUT2D eigenvalue weighted by Crippen LogP contribution is 2.30. The molecule has 2 aromatic carbocycles. The second kappa shape index (κ2) is 9.32. The van der Waals surface area contributed by atoms with Crippen molar-refractivity contribution in [1.29, 1.82) is 0 Å². The summed E-state index contributed by atoms with van der Waals surface area (Å²) in [5, 5.41) is 0.983. The van der Waals surface area contributed by atoms with Gasteiger partial charge in [0.1, 0.15) is 0 Å². The standard InChI is InChI=1S/C22H22F2N2O3/c1-3-28-19-12-15(9-10-18(19)29-22(23)24)14-26(2)20(27)13-17-7-4-6-16-8-5-11-25-21(16)17/h4-12,22H,3,13-14H2,1-2H3. The third kappa shape index (κ3) is 5.19. The molecule has 0 spiro atoms. The molecule has 0 N–H and O–H groups in total. The highest BCUT2D eigenvalue weighted by molar-refractivity contribution is 5.87. The van der Waals surface area contributed by atoms with E-state index in [1.54, 1.807) is 37.2 Å². The van der Waals surface area contributed by atoms with Crippen LogP contribution in [0.3, 0.4) is 0 Å². The van der Waals surface area contributed by atoms with Gasteiger partial charge in [0.15, 0.2) is 11.5 Å². The molecule has 0 saturated heterocycles. The molecule has 1 heterocycles. The number of amides is 1. The monoisotopic (exact) mass is 400 g/mol. The molecule has 0 aliphatic carbocycles. The summed E-state index contributed by atoms with van der Waals surface area (Å²) in [4.78, 5) is 18.7. The zero-order valence-electron chi connectivity index (χ0n) is 16.3. The van der Waals surface area contributed by atoms with Gasteiger partial charge in [0.05, 0.1) is 18.5 Å². The van der Waals surface area contributed by atoms with Crippen LogP contribution in [0.1, 0.15) is 18.1 Å². The molecular weight excluding hydrogens is 378 g/mol. The van der Waals surface area contributed by atoms with E-state index >= 15 is 0 Å². The summed E-state index contributed by atoms with van der Waals surface area (Å²) in [5.74, 6) is 0.125. The van der Waals surface area contributed by atoms with E-state index in [4.69, 9.17) is 4.74 Å². The van der Waals surface area contributed by atoms with Crippen LogP contribution in [0.25, 0.3) is 10.9 Å². The predicted molar refractivity (Wildman–Crippen MR) is 106 cm³/mol. The Kier molecular flexibility index (Phi) is 6.59. The van der Waals surface area contributed by atoms with Crippen molar-refractivity contribution in [3.63, 3.8) is 0 Å². The molecule has 5 nitrogen and oxygen atoms in total. The van der Waals surface area contributed by atoms with Crippen LogP contribution >= 0.6 is 0 Å². The number of carbonyl (C=O) groups is 1. The van der Waals surface area contributed by atoms with Crippen molar-refractivity contribution in [3.05, 3.63) is 65.9 Å². The molecule has 0 atom stereocenters. The lowest BCUT2D eigenvalue weighted by Gasteiger charge is -2.19. The Hall–Kier alpha value is -3.22. The smallest absolute Gasteiger partial charge is 0.387 e. The minimum Gasteiger partial charge on any atom is -0.490 e. The summed E-state index contributed by atoms with van der Waals surface area (Å²) >= 11 is 0. The second-order valence-electron chi connectivity index (χ2n) is 6.51. The summed E-state index contributed by atoms with van der Waals surface area (Å²) in [5.41, 5.74) is 2.42. The van der Waals surface area contributed by atoms with Gasteiger partial charge in [-0.25, -0.2) is 0 Å². The van der Waals surface area contributed by atoms with Gasteiger partial charge < -0.3 is 14.4 Å². The van der Waals surface area contributed by atoms with E-state index < -0.39 is 6.61 Å². The number of pyridine rings is 1. The highest BCUT2D eigenvalue weighted by Gasteiger charge is 2.15. The quantitative estimate of drug-likeness (QED) is 0.561. The number of hydrogen-bond donors (Lipinski definition) is 0. The molecule has 1 aromatic heterocycles. The van der Waals surface area contributed by atoms with Crippen LogP contribution < -0.4 is 9.47 Å². The van der Waals surface area contributed by atoms with Crippen molar-refractivity contribution < 1.29 is 23.0 Å². The van der Waals surface area contributed by atoms with Crippen LogP contribution in [0.15, 0.2) is 54.7 Å². The first kappa shape index (κ1) is 20.5. The first-order valence-electron chi connectivity index (χ1n) is 9.25. The number of halogens is 2. The average Bonchev–Trinajstić information content (AvgIpc) is 2.70. The Morgan fingerprint density at radius 2 is 1.93 bits per heavy atom. The number of carbonyl (C=O) groups excluding carboxylic acids is 1. The van der Waals surface area contributed by atoms with Crippen LogP contribution in [0.2, 0.25) is 0 Å². The molecule has 0 aliphatic heterocycles. The first-order valence-corrected chi connectivity index (χ1v) is 9.25. The Labute approximate surface area is 167 Å². The third-order valence-corrected chi connectivity index (χ3v) is 4.43. The van der Waals surface area contributed by atoms with Crippen molar-refractivity contribution in [1.82, 2.24) is 9.88 Å². The molecule has 0 aliphatic rings. The molecule has 3 rings (SSSR count). The van der Waals surface area contributed by atoms with E-state index in [9.17, 15) is 13.6 Å². The minimum atomic E-state index is -2.93. The lowest BCUT2D eigenvalue weighted by molar-refractivity contribution is -0.129. The van der Waals surface area contributed by atoms with E-state index in [-0.39, 0.29) is 23.8 Å². The average molecular weight is 400 g/mol. The number of fused-ring (bicyclic) bond motifs is 1. The Balaban J connectivity index is 1.72. The molecule has 0 fully saturated rings. The minimum absolute atomic E-state index is 0.0265. The van der Waals surface area contributed by atoms with E-state index in [2.05, 4.69) is 9.72 Å². The van der Waals surface area contributed by atoms with E-state index in [1.165, 1.54) is 6.07 Å². The molecule has 3 aromatic rings. The van der Waals surface area contributed by atoms with Gasteiger partial charge in [-0.2, -0.15) is 8.78 Å². The topological polar surface area (TPSA) is 51.7 Å². The summed E-state index contributed by atoms with van der Waals surface area (Å²) in [7, 11) is 1.70. The second-order valence-corrected chi connectivity index (χ2v) is 6.51. The number of nitrogens with zero attached hydrogens (tertiary/aromatic N) is 2. The number of ether oxygens (including phenoxy) is 2. The number of hydrogen-bond acceptors (Lipinski definition) is 4. The van der Waals surface area contributed by atoms with Crippen LogP contribution in [-0.4, -0.2) is 36.1 Å². The number of para-hydroxylation sites is 1. The van der Waals surface area contributed by atoms with Crippen molar-refractivity contribution in [2.24, 2.45) is 0 Å². The van der Waals surface area contributed by atoms with Crippen molar-refractivity contribution in [3.8, 4) is 11.5 Å². The molecule has 1 amide bonds. The Morgan fingerprint density at radius 1 is 1.14 bits per heavy atom. The van der Waals surface area contributed by atoms with E-state index in [1.807, 2.05) is 30.3 Å². The SMILES string of the molecule is CCOc1cc(CN(C)C(=O)Cc2cccc3cccnc23)ccc1OC(F)F. The number of aromatic nitrogens is 1. The lowest BCUT2D eigenvalue weighted by Crippen LogP contribution is -2.27. The van der Waals surface area contributed by atoms with Crippen LogP contribution in [0, 0.1) is 0 Å². The highest BCUT2D eigenvalue weighted by atomic mass is 19.3. The maximum atomic E-state index is 12.7. The molecule has 0 unspecified atom stereocenters. The van der Waals surface area contributed by atoms with Gasteiger partial charge >= 0.3 is 6.61 Å².